The first kappa shape index (κ1) is 59.9. The number of rotatable bonds is 28. The predicted octanol–water partition coefficient (Wildman–Crippen LogP) is -4.77. The van der Waals surface area contributed by atoms with Crippen LogP contribution in [-0.2, 0) is 47.9 Å². The molecule has 392 valence electrons. The van der Waals surface area contributed by atoms with Gasteiger partial charge in [0.2, 0.25) is 5.91 Å². The summed E-state index contributed by atoms with van der Waals surface area (Å²) in [4.78, 5) is 131. The van der Waals surface area contributed by atoms with Crippen molar-refractivity contribution in [2.45, 2.75) is 62.7 Å². The van der Waals surface area contributed by atoms with E-state index < -0.39 is 84.9 Å². The number of nitrogens with one attached hydrogen (secondary N) is 3. The average molecular weight is 989 g/mol. The topological polar surface area (TPSA) is 371 Å². The first-order chi connectivity index (χ1) is 32.8. The average Bonchev–Trinajstić information content (AvgIpc) is 3.25. The lowest BCUT2D eigenvalue weighted by molar-refractivity contribution is -0.145. The summed E-state index contributed by atoms with van der Waals surface area (Å²) in [7, 11) is 0. The highest BCUT2D eigenvalue weighted by Crippen LogP contribution is 2.13. The highest BCUT2D eigenvalue weighted by atomic mass is 16.4. The summed E-state index contributed by atoms with van der Waals surface area (Å²) in [5.74, 6) is -8.56. The lowest BCUT2D eigenvalue weighted by atomic mass is 10.1. The molecule has 4 atom stereocenters. The van der Waals surface area contributed by atoms with Gasteiger partial charge in [0.05, 0.1) is 44.8 Å². The second kappa shape index (κ2) is 33.3. The maximum Gasteiger partial charge on any atom is 0.320 e. The zero-order valence-electron chi connectivity index (χ0n) is 39.1. The number of amides is 1. The number of hydrogen-bond donors (Lipinski definition) is 10. The van der Waals surface area contributed by atoms with E-state index in [-0.39, 0.29) is 137 Å². The van der Waals surface area contributed by atoms with Crippen molar-refractivity contribution < 1.29 is 83.7 Å². The molecule has 2 fully saturated rings. The van der Waals surface area contributed by atoms with Gasteiger partial charge in [-0.2, -0.15) is 0 Å². The van der Waals surface area contributed by atoms with Gasteiger partial charge in [-0.3, -0.25) is 72.7 Å². The minimum absolute atomic E-state index is 0.0274. The molecule has 0 radical (unpaired) electrons. The Bertz CT molecular complexity index is 1650. The van der Waals surface area contributed by atoms with Crippen molar-refractivity contribution in [2.75, 3.05) is 144 Å². The number of carboxylic acids is 7. The summed E-state index contributed by atoms with van der Waals surface area (Å²) in [5.41, 5.74) is 0. The largest absolute Gasteiger partial charge is 0.480 e. The van der Waals surface area contributed by atoms with Crippen molar-refractivity contribution in [3.8, 4) is 0 Å². The first-order valence-corrected chi connectivity index (χ1v) is 23.1. The van der Waals surface area contributed by atoms with Gasteiger partial charge in [-0.05, 0) is 38.6 Å². The predicted molar refractivity (Wildman–Crippen MR) is 243 cm³/mol. The molecule has 2 heterocycles. The van der Waals surface area contributed by atoms with Crippen LogP contribution in [0.15, 0.2) is 0 Å². The van der Waals surface area contributed by atoms with Gasteiger partial charge in [-0.15, -0.1) is 0 Å². The smallest absolute Gasteiger partial charge is 0.320 e. The number of carbonyl (C=O) groups excluding carboxylic acids is 3. The van der Waals surface area contributed by atoms with Crippen molar-refractivity contribution in [3.05, 3.63) is 0 Å². The Kier molecular flexibility index (Phi) is 28.9. The molecule has 27 nitrogen and oxygen atoms in total. The zero-order valence-corrected chi connectivity index (χ0v) is 39.1. The van der Waals surface area contributed by atoms with Crippen LogP contribution in [0.4, 0.5) is 0 Å². The molecule has 2 aliphatic rings. The monoisotopic (exact) mass is 989 g/mol. The van der Waals surface area contributed by atoms with E-state index >= 15 is 0 Å². The Labute approximate surface area is 400 Å². The number of unbranched alkanes of at least 4 members (excludes halogenated alkanes) is 1. The Morgan fingerprint density at radius 2 is 0.841 bits per heavy atom. The summed E-state index contributed by atoms with van der Waals surface area (Å²) in [6.07, 6.45) is 1.54. The van der Waals surface area contributed by atoms with Crippen LogP contribution in [-0.4, -0.2) is 298 Å². The highest BCUT2D eigenvalue weighted by Gasteiger charge is 2.31. The summed E-state index contributed by atoms with van der Waals surface area (Å²) < 4.78 is 0. The van der Waals surface area contributed by atoms with E-state index in [1.165, 1.54) is 4.90 Å². The molecule has 0 aromatic carbocycles. The van der Waals surface area contributed by atoms with Crippen molar-refractivity contribution in [1.29, 1.82) is 0 Å². The van der Waals surface area contributed by atoms with Gasteiger partial charge >= 0.3 is 41.8 Å². The Balaban J connectivity index is 1.99. The molecule has 0 aromatic rings. The standard InChI is InChI=1S/C42H72N10O17/c53-29-31(3-1-2-6-44-32(30-54)23-34(42(68)69)51-10-8-43-7-9-46(24-36(56)57)11-12-48(17-20-51)26-38(60)61)45-35(55)5-4-33(41(66)67)52-21-18-49(27-39(62)63)15-13-47(25-37(58)59)14-16-50(19-22-52)28-40(64)65/h29-34,43-44H,1-28H2,(H,45,55)(H,56,57)(H,58,59)(H,60,61)(H,62,63)(H,64,65)(H,66,67)(H,68,69)/t31-,32?,33?,34?/m0/s1. The van der Waals surface area contributed by atoms with E-state index in [0.717, 1.165) is 0 Å². The van der Waals surface area contributed by atoms with Gasteiger partial charge in [0.25, 0.3) is 0 Å². The molecule has 3 unspecified atom stereocenters. The Hall–Kier alpha value is -5.26. The molecule has 69 heavy (non-hydrogen) atoms. The number of aliphatic carboxylic acids is 7. The fourth-order valence-corrected chi connectivity index (χ4v) is 8.19. The van der Waals surface area contributed by atoms with E-state index in [1.807, 2.05) is 0 Å². The second-order valence-corrected chi connectivity index (χ2v) is 17.2. The van der Waals surface area contributed by atoms with Crippen molar-refractivity contribution >= 4 is 60.3 Å². The van der Waals surface area contributed by atoms with Gasteiger partial charge < -0.3 is 61.3 Å². The molecule has 0 bridgehead atoms. The zero-order chi connectivity index (χ0) is 51.3. The SMILES string of the molecule is O=CC(CC(C(=O)O)N1CCNCCN(CC(=O)O)CCN(CC(=O)O)CC1)NCCCC[C@@H](C=O)NC(=O)CCC(C(=O)O)N1CCN(CC(=O)O)CCN(CC(=O)O)CCN(CC(=O)O)CC1. The number of aldehydes is 2. The van der Waals surface area contributed by atoms with Crippen LogP contribution in [0.5, 0.6) is 0 Å². The Morgan fingerprint density at radius 3 is 1.23 bits per heavy atom. The number of carbonyl (C=O) groups is 10. The normalized spacial score (nSPS) is 19.7. The fraction of sp³-hybridized carbons (Fsp3) is 0.762. The molecule has 0 aromatic heterocycles. The molecule has 0 spiro atoms. The van der Waals surface area contributed by atoms with Gasteiger partial charge in [0.1, 0.15) is 24.7 Å². The van der Waals surface area contributed by atoms with E-state index in [2.05, 4.69) is 16.0 Å². The summed E-state index contributed by atoms with van der Waals surface area (Å²) in [5, 5.41) is 76.5. The molecular weight excluding hydrogens is 917 g/mol. The summed E-state index contributed by atoms with van der Waals surface area (Å²) in [6.45, 7) is 1.54. The van der Waals surface area contributed by atoms with Gasteiger partial charge in [0, 0.05) is 111 Å². The molecule has 0 aliphatic carbocycles. The molecule has 2 saturated heterocycles. The number of nitrogens with zero attached hydrogens (tertiary/aromatic N) is 7. The minimum Gasteiger partial charge on any atom is -0.480 e. The maximum absolute atomic E-state index is 13.1. The number of hydrogen-bond acceptors (Lipinski definition) is 19. The Morgan fingerprint density at radius 1 is 0.464 bits per heavy atom. The molecule has 1 amide bonds. The molecule has 0 saturated carbocycles. The van der Waals surface area contributed by atoms with E-state index in [4.69, 9.17) is 0 Å². The van der Waals surface area contributed by atoms with Crippen LogP contribution in [0.25, 0.3) is 0 Å². The van der Waals surface area contributed by atoms with Gasteiger partial charge in [-0.25, -0.2) is 0 Å². The van der Waals surface area contributed by atoms with Crippen molar-refractivity contribution in [1.82, 2.24) is 50.2 Å². The van der Waals surface area contributed by atoms with Crippen LogP contribution in [0.3, 0.4) is 0 Å². The lowest BCUT2D eigenvalue weighted by Crippen LogP contribution is -2.52. The lowest BCUT2D eigenvalue weighted by Gasteiger charge is -2.35. The second-order valence-electron chi connectivity index (χ2n) is 17.2. The van der Waals surface area contributed by atoms with Crippen LogP contribution in [0, 0.1) is 0 Å². The molecular formula is C42H72N10O17. The molecule has 27 heteroatoms. The molecule has 2 aliphatic heterocycles. The number of carboxylic acid groups (broad SMARTS) is 7. The van der Waals surface area contributed by atoms with Crippen LogP contribution < -0.4 is 16.0 Å². The third kappa shape index (κ3) is 26.3. The van der Waals surface area contributed by atoms with E-state index in [0.29, 0.717) is 45.0 Å². The van der Waals surface area contributed by atoms with Crippen LogP contribution in [0.1, 0.15) is 38.5 Å². The van der Waals surface area contributed by atoms with Gasteiger partial charge in [-0.1, -0.05) is 0 Å². The maximum atomic E-state index is 13.1. The van der Waals surface area contributed by atoms with E-state index in [1.54, 1.807) is 29.4 Å². The third-order valence-corrected chi connectivity index (χ3v) is 11.9. The fourth-order valence-electron chi connectivity index (χ4n) is 8.19. The third-order valence-electron chi connectivity index (χ3n) is 11.9. The van der Waals surface area contributed by atoms with Gasteiger partial charge in [0.15, 0.2) is 0 Å². The van der Waals surface area contributed by atoms with Crippen LogP contribution >= 0.6 is 0 Å². The van der Waals surface area contributed by atoms with Crippen molar-refractivity contribution in [2.24, 2.45) is 0 Å². The first-order valence-electron chi connectivity index (χ1n) is 23.1. The minimum atomic E-state index is -1.27. The van der Waals surface area contributed by atoms with Crippen molar-refractivity contribution in [3.63, 3.8) is 0 Å². The van der Waals surface area contributed by atoms with E-state index in [9.17, 15) is 83.7 Å². The summed E-state index contributed by atoms with van der Waals surface area (Å²) >= 11 is 0. The quantitative estimate of drug-likeness (QED) is 0.0260. The molecule has 2 rings (SSSR count). The van der Waals surface area contributed by atoms with Crippen LogP contribution in [0.2, 0.25) is 0 Å². The molecule has 10 N–H and O–H groups in total. The highest BCUT2D eigenvalue weighted by molar-refractivity contribution is 5.81. The summed E-state index contributed by atoms with van der Waals surface area (Å²) in [6, 6.07) is -4.18.